The number of hydrogen-bond donors (Lipinski definition) is 1. The smallest absolute Gasteiger partial charge is 0.224 e. The predicted octanol–water partition coefficient (Wildman–Crippen LogP) is 9.01. The Morgan fingerprint density at radius 1 is 0.690 bits per heavy atom. The van der Waals surface area contributed by atoms with Crippen LogP contribution in [0.2, 0.25) is 0 Å². The summed E-state index contributed by atoms with van der Waals surface area (Å²) in [4.78, 5) is 12.1. The fraction of sp³-hybridized carbons (Fsp3) is 0.741. The Kier molecular flexibility index (Phi) is 15.6. The molecule has 0 aromatic heterocycles. The summed E-state index contributed by atoms with van der Waals surface area (Å²) in [7, 11) is 0. The van der Waals surface area contributed by atoms with Gasteiger partial charge in [0.05, 0.1) is 0 Å². The van der Waals surface area contributed by atoms with E-state index >= 15 is 0 Å². The summed E-state index contributed by atoms with van der Waals surface area (Å²) >= 11 is 0. The van der Waals surface area contributed by atoms with Gasteiger partial charge in [-0.1, -0.05) is 123 Å². The molecule has 1 N–H and O–H groups in total. The van der Waals surface area contributed by atoms with Gasteiger partial charge in [0.15, 0.2) is 0 Å². The van der Waals surface area contributed by atoms with Gasteiger partial charge in [0.25, 0.3) is 0 Å². The summed E-state index contributed by atoms with van der Waals surface area (Å²) in [6.07, 6.45) is 21.0. The third kappa shape index (κ3) is 14.3. The molecule has 0 unspecified atom stereocenters. The molecular weight excluding hydrogens is 354 g/mol. The first-order chi connectivity index (χ1) is 14.1. The number of hydrogen-bond acceptors (Lipinski definition) is 1. The van der Waals surface area contributed by atoms with Crippen molar-refractivity contribution in [1.29, 1.82) is 0 Å². The van der Waals surface area contributed by atoms with E-state index in [1.54, 1.807) is 0 Å². The van der Waals surface area contributed by atoms with Crippen molar-refractivity contribution < 1.29 is 4.79 Å². The fourth-order valence-electron chi connectivity index (χ4n) is 3.83. The Hall–Kier alpha value is -1.31. The van der Waals surface area contributed by atoms with Gasteiger partial charge in [-0.3, -0.25) is 4.79 Å². The van der Waals surface area contributed by atoms with Crippen molar-refractivity contribution in [2.45, 2.75) is 129 Å². The van der Waals surface area contributed by atoms with Crippen molar-refractivity contribution in [3.63, 3.8) is 0 Å². The molecule has 1 rings (SSSR count). The highest BCUT2D eigenvalue weighted by atomic mass is 16.1. The summed E-state index contributed by atoms with van der Waals surface area (Å²) < 4.78 is 0. The van der Waals surface area contributed by atoms with Crippen molar-refractivity contribution in [3.8, 4) is 0 Å². The zero-order chi connectivity index (χ0) is 21.2. The van der Waals surface area contributed by atoms with Gasteiger partial charge in [0.1, 0.15) is 0 Å². The minimum atomic E-state index is 0.150. The summed E-state index contributed by atoms with van der Waals surface area (Å²) in [5, 5.41) is 3.02. The number of rotatable bonds is 18. The number of carbonyl (C=O) groups is 1. The van der Waals surface area contributed by atoms with Crippen LogP contribution < -0.4 is 5.32 Å². The highest BCUT2D eigenvalue weighted by Gasteiger charge is 2.04. The molecule has 0 bridgehead atoms. The van der Waals surface area contributed by atoms with Gasteiger partial charge in [-0.25, -0.2) is 0 Å². The topological polar surface area (TPSA) is 29.1 Å². The quantitative estimate of drug-likeness (QED) is 0.244. The molecule has 2 nitrogen and oxygen atoms in total. The van der Waals surface area contributed by atoms with E-state index in [1.165, 1.54) is 95.5 Å². The molecule has 0 heterocycles. The SMILES string of the molecule is CCCCCCCCCCCCCCCCCC(=O)Nc1ccc(C(C)C)cc1. The van der Waals surface area contributed by atoms with E-state index in [0.29, 0.717) is 12.3 Å². The zero-order valence-corrected chi connectivity index (χ0v) is 19.6. The summed E-state index contributed by atoms with van der Waals surface area (Å²) in [5.74, 6) is 0.678. The minimum absolute atomic E-state index is 0.150. The van der Waals surface area contributed by atoms with Crippen LogP contribution in [0, 0.1) is 0 Å². The number of nitrogens with one attached hydrogen (secondary N) is 1. The van der Waals surface area contributed by atoms with Crippen molar-refractivity contribution >= 4 is 11.6 Å². The highest BCUT2D eigenvalue weighted by molar-refractivity contribution is 5.90. The second-order valence-corrected chi connectivity index (χ2v) is 9.02. The summed E-state index contributed by atoms with van der Waals surface area (Å²) in [5.41, 5.74) is 2.23. The van der Waals surface area contributed by atoms with E-state index < -0.39 is 0 Å². The van der Waals surface area contributed by atoms with Crippen LogP contribution in [0.3, 0.4) is 0 Å². The third-order valence-corrected chi connectivity index (χ3v) is 5.87. The van der Waals surface area contributed by atoms with Crippen LogP contribution in [0.5, 0.6) is 0 Å². The molecule has 0 aliphatic heterocycles. The molecule has 0 saturated heterocycles. The zero-order valence-electron chi connectivity index (χ0n) is 19.6. The van der Waals surface area contributed by atoms with E-state index in [0.717, 1.165) is 12.1 Å². The van der Waals surface area contributed by atoms with Crippen LogP contribution in [0.15, 0.2) is 24.3 Å². The first-order valence-electron chi connectivity index (χ1n) is 12.5. The highest BCUT2D eigenvalue weighted by Crippen LogP contribution is 2.18. The maximum Gasteiger partial charge on any atom is 0.224 e. The Labute approximate surface area is 181 Å². The van der Waals surface area contributed by atoms with Crippen molar-refractivity contribution in [2.75, 3.05) is 5.32 Å². The van der Waals surface area contributed by atoms with Gasteiger partial charge in [-0.2, -0.15) is 0 Å². The lowest BCUT2D eigenvalue weighted by Gasteiger charge is -2.08. The van der Waals surface area contributed by atoms with Crippen LogP contribution in [0.4, 0.5) is 5.69 Å². The molecule has 0 atom stereocenters. The molecule has 0 fully saturated rings. The lowest BCUT2D eigenvalue weighted by Crippen LogP contribution is -2.11. The maximum atomic E-state index is 12.1. The molecule has 1 aromatic carbocycles. The molecule has 0 radical (unpaired) electrons. The predicted molar refractivity (Wildman–Crippen MR) is 129 cm³/mol. The van der Waals surface area contributed by atoms with E-state index in [1.807, 2.05) is 12.1 Å². The van der Waals surface area contributed by atoms with Crippen LogP contribution in [0.25, 0.3) is 0 Å². The standard InChI is InChI=1S/C27H47NO/c1-4-5-6-7-8-9-10-11-12-13-14-15-16-17-18-19-27(29)28-26-22-20-25(21-23-26)24(2)3/h20-24H,4-19H2,1-3H3,(H,28,29). The lowest BCUT2D eigenvalue weighted by atomic mass is 10.0. The molecule has 166 valence electrons. The summed E-state index contributed by atoms with van der Waals surface area (Å²) in [6.45, 7) is 6.65. The van der Waals surface area contributed by atoms with Crippen LogP contribution in [0.1, 0.15) is 135 Å². The Morgan fingerprint density at radius 2 is 1.10 bits per heavy atom. The molecule has 0 spiro atoms. The van der Waals surface area contributed by atoms with Crippen molar-refractivity contribution in [1.82, 2.24) is 0 Å². The van der Waals surface area contributed by atoms with Gasteiger partial charge in [0, 0.05) is 12.1 Å². The van der Waals surface area contributed by atoms with E-state index in [4.69, 9.17) is 0 Å². The van der Waals surface area contributed by atoms with E-state index in [2.05, 4.69) is 38.2 Å². The van der Waals surface area contributed by atoms with E-state index in [-0.39, 0.29) is 5.91 Å². The molecule has 0 aliphatic rings. The van der Waals surface area contributed by atoms with E-state index in [9.17, 15) is 4.79 Å². The van der Waals surface area contributed by atoms with Crippen molar-refractivity contribution in [3.05, 3.63) is 29.8 Å². The third-order valence-electron chi connectivity index (χ3n) is 5.87. The number of anilines is 1. The molecule has 1 aromatic rings. The maximum absolute atomic E-state index is 12.1. The fourth-order valence-corrected chi connectivity index (χ4v) is 3.83. The summed E-state index contributed by atoms with van der Waals surface area (Å²) in [6, 6.07) is 8.24. The largest absolute Gasteiger partial charge is 0.326 e. The van der Waals surface area contributed by atoms with Crippen LogP contribution in [-0.4, -0.2) is 5.91 Å². The molecule has 0 saturated carbocycles. The van der Waals surface area contributed by atoms with Gasteiger partial charge in [-0.15, -0.1) is 0 Å². The minimum Gasteiger partial charge on any atom is -0.326 e. The van der Waals surface area contributed by atoms with Crippen LogP contribution in [-0.2, 0) is 4.79 Å². The molecule has 1 amide bonds. The second kappa shape index (κ2) is 17.5. The Bertz CT molecular complexity index is 506. The number of amides is 1. The second-order valence-electron chi connectivity index (χ2n) is 9.02. The Morgan fingerprint density at radius 3 is 1.52 bits per heavy atom. The van der Waals surface area contributed by atoms with Crippen LogP contribution >= 0.6 is 0 Å². The monoisotopic (exact) mass is 401 g/mol. The lowest BCUT2D eigenvalue weighted by molar-refractivity contribution is -0.116. The molecule has 2 heteroatoms. The molecule has 29 heavy (non-hydrogen) atoms. The normalized spacial score (nSPS) is 11.2. The van der Waals surface area contributed by atoms with Gasteiger partial charge in [0.2, 0.25) is 5.91 Å². The average molecular weight is 402 g/mol. The van der Waals surface area contributed by atoms with Gasteiger partial charge < -0.3 is 5.32 Å². The molecule has 0 aliphatic carbocycles. The Balaban J connectivity index is 1.87. The average Bonchev–Trinajstić information content (AvgIpc) is 2.71. The number of benzene rings is 1. The molecular formula is C27H47NO. The first-order valence-corrected chi connectivity index (χ1v) is 12.5. The number of unbranched alkanes of at least 4 members (excludes halogenated alkanes) is 14. The first kappa shape index (κ1) is 25.7. The van der Waals surface area contributed by atoms with Gasteiger partial charge in [-0.05, 0) is 30.0 Å². The van der Waals surface area contributed by atoms with Gasteiger partial charge >= 0.3 is 0 Å². The number of carbonyl (C=O) groups excluding carboxylic acids is 1. The van der Waals surface area contributed by atoms with Crippen molar-refractivity contribution in [2.24, 2.45) is 0 Å².